The van der Waals surface area contributed by atoms with Crippen LogP contribution < -0.4 is 10.2 Å². The van der Waals surface area contributed by atoms with Gasteiger partial charge in [-0.1, -0.05) is 25.1 Å². The van der Waals surface area contributed by atoms with Gasteiger partial charge >= 0.3 is 6.18 Å². The number of anilines is 1. The molecule has 0 atom stereocenters. The Morgan fingerprint density at radius 2 is 1.94 bits per heavy atom. The Bertz CT molecular complexity index is 878. The second-order valence-electron chi connectivity index (χ2n) is 7.80. The summed E-state index contributed by atoms with van der Waals surface area (Å²) in [6.07, 6.45) is -2.82. The molecule has 1 aliphatic rings. The third-order valence-electron chi connectivity index (χ3n) is 5.18. The van der Waals surface area contributed by atoms with Gasteiger partial charge in [-0.25, -0.2) is 0 Å². The van der Waals surface area contributed by atoms with Crippen molar-refractivity contribution in [3.63, 3.8) is 0 Å². The van der Waals surface area contributed by atoms with Crippen LogP contribution in [0.4, 0.5) is 18.9 Å². The van der Waals surface area contributed by atoms with Crippen molar-refractivity contribution in [1.29, 1.82) is 0 Å². The molecule has 178 valence electrons. The monoisotopic (exact) mass is 566 g/mol. The second kappa shape index (κ2) is 11.7. The number of nitrogens with zero attached hydrogens (tertiary/aromatic N) is 5. The van der Waals surface area contributed by atoms with E-state index in [0.29, 0.717) is 50.7 Å². The van der Waals surface area contributed by atoms with Crippen LogP contribution in [0.2, 0.25) is 0 Å². The van der Waals surface area contributed by atoms with Crippen LogP contribution in [0.3, 0.4) is 0 Å². The highest BCUT2D eigenvalue weighted by Gasteiger charge is 2.31. The number of hydrogen-bond acceptors (Lipinski definition) is 5. The van der Waals surface area contributed by atoms with Crippen molar-refractivity contribution in [2.24, 2.45) is 4.99 Å². The van der Waals surface area contributed by atoms with Crippen molar-refractivity contribution in [3.8, 4) is 0 Å². The van der Waals surface area contributed by atoms with Crippen LogP contribution in [0, 0.1) is 0 Å². The van der Waals surface area contributed by atoms with Gasteiger partial charge < -0.3 is 19.6 Å². The Morgan fingerprint density at radius 3 is 2.53 bits per heavy atom. The summed E-state index contributed by atoms with van der Waals surface area (Å²) in [7, 11) is 1.73. The van der Waals surface area contributed by atoms with Gasteiger partial charge in [0.05, 0.1) is 5.56 Å². The van der Waals surface area contributed by atoms with Gasteiger partial charge in [0.25, 0.3) is 0 Å². The number of guanidine groups is 1. The highest BCUT2D eigenvalue weighted by atomic mass is 127. The number of nitrogens with one attached hydrogen (secondary N) is 1. The standard InChI is InChI=1S/C21H29F3N6O.HI/c1-15(2)19-27-18(31-28-19)8-5-9-26-20(25-3)30-12-10-29(11-13-30)17-7-4-6-16(14-17)21(22,23)24;/h4,6-7,14-15H,5,8-13H2,1-3H3,(H,25,26);1H. The molecule has 0 unspecified atom stereocenters. The van der Waals surface area contributed by atoms with E-state index >= 15 is 0 Å². The zero-order valence-electron chi connectivity index (χ0n) is 18.5. The molecule has 1 N–H and O–H groups in total. The van der Waals surface area contributed by atoms with Gasteiger partial charge in [0.2, 0.25) is 5.89 Å². The molecule has 2 aromatic rings. The van der Waals surface area contributed by atoms with E-state index < -0.39 is 11.7 Å². The number of piperazine rings is 1. The molecule has 1 aromatic carbocycles. The summed E-state index contributed by atoms with van der Waals surface area (Å²) in [6, 6.07) is 5.49. The Labute approximate surface area is 203 Å². The molecule has 1 aliphatic heterocycles. The SMILES string of the molecule is CN=C(NCCCc1nc(C(C)C)no1)N1CCN(c2cccc(C(F)(F)F)c2)CC1.I. The molecule has 11 heteroatoms. The minimum Gasteiger partial charge on any atom is -0.368 e. The van der Waals surface area contributed by atoms with E-state index in [-0.39, 0.29) is 29.9 Å². The summed E-state index contributed by atoms with van der Waals surface area (Å²) >= 11 is 0. The normalized spacial score (nSPS) is 15.2. The van der Waals surface area contributed by atoms with E-state index in [1.165, 1.54) is 12.1 Å². The van der Waals surface area contributed by atoms with Gasteiger partial charge in [-0.15, -0.1) is 24.0 Å². The largest absolute Gasteiger partial charge is 0.416 e. The van der Waals surface area contributed by atoms with E-state index in [9.17, 15) is 13.2 Å². The molecule has 0 radical (unpaired) electrons. The number of hydrogen-bond donors (Lipinski definition) is 1. The van der Waals surface area contributed by atoms with Gasteiger partial charge in [-0.2, -0.15) is 18.2 Å². The first-order valence-electron chi connectivity index (χ1n) is 10.5. The minimum absolute atomic E-state index is 0. The average Bonchev–Trinajstić information content (AvgIpc) is 3.23. The summed E-state index contributed by atoms with van der Waals surface area (Å²) < 4.78 is 44.2. The Kier molecular flexibility index (Phi) is 9.59. The summed E-state index contributed by atoms with van der Waals surface area (Å²) in [6.45, 7) is 7.36. The van der Waals surface area contributed by atoms with Crippen LogP contribution in [0.15, 0.2) is 33.8 Å². The third-order valence-corrected chi connectivity index (χ3v) is 5.18. The molecule has 1 saturated heterocycles. The van der Waals surface area contributed by atoms with Crippen molar-refractivity contribution in [3.05, 3.63) is 41.5 Å². The number of aryl methyl sites for hydroxylation is 1. The van der Waals surface area contributed by atoms with E-state index in [1.807, 2.05) is 18.7 Å². The molecule has 2 heterocycles. The lowest BCUT2D eigenvalue weighted by atomic mass is 10.1. The van der Waals surface area contributed by atoms with Gasteiger partial charge in [-0.3, -0.25) is 4.99 Å². The van der Waals surface area contributed by atoms with E-state index in [0.717, 1.165) is 24.3 Å². The average molecular weight is 566 g/mol. The van der Waals surface area contributed by atoms with Crippen LogP contribution in [0.1, 0.15) is 43.5 Å². The van der Waals surface area contributed by atoms with Crippen LogP contribution in [0.5, 0.6) is 0 Å². The second-order valence-corrected chi connectivity index (χ2v) is 7.80. The summed E-state index contributed by atoms with van der Waals surface area (Å²) in [4.78, 5) is 12.8. The first-order chi connectivity index (χ1) is 14.8. The van der Waals surface area contributed by atoms with E-state index in [4.69, 9.17) is 4.52 Å². The van der Waals surface area contributed by atoms with Gasteiger partial charge in [0.15, 0.2) is 11.8 Å². The fraction of sp³-hybridized carbons (Fsp3) is 0.571. The maximum Gasteiger partial charge on any atom is 0.416 e. The van der Waals surface area contributed by atoms with Crippen molar-refractivity contribution in [2.45, 2.75) is 38.8 Å². The molecule has 3 rings (SSSR count). The maximum atomic E-state index is 13.0. The molecular weight excluding hydrogens is 536 g/mol. The van der Waals surface area contributed by atoms with Crippen LogP contribution in [-0.4, -0.2) is 60.8 Å². The first kappa shape index (κ1) is 26.2. The highest BCUT2D eigenvalue weighted by Crippen LogP contribution is 2.31. The zero-order valence-corrected chi connectivity index (χ0v) is 20.9. The molecule has 7 nitrogen and oxygen atoms in total. The summed E-state index contributed by atoms with van der Waals surface area (Å²) in [5.41, 5.74) is -0.0237. The fourth-order valence-electron chi connectivity index (χ4n) is 3.43. The van der Waals surface area contributed by atoms with Gasteiger partial charge in [0.1, 0.15) is 0 Å². The lowest BCUT2D eigenvalue weighted by molar-refractivity contribution is -0.137. The van der Waals surface area contributed by atoms with Crippen LogP contribution >= 0.6 is 24.0 Å². The van der Waals surface area contributed by atoms with Crippen LogP contribution in [-0.2, 0) is 12.6 Å². The quantitative estimate of drug-likeness (QED) is 0.245. The molecule has 1 aromatic heterocycles. The Balaban J connectivity index is 0.00000363. The van der Waals surface area contributed by atoms with Gasteiger partial charge in [0, 0.05) is 57.8 Å². The van der Waals surface area contributed by atoms with Crippen molar-refractivity contribution in [1.82, 2.24) is 20.4 Å². The predicted octanol–water partition coefficient (Wildman–Crippen LogP) is 4.16. The van der Waals surface area contributed by atoms with Crippen molar-refractivity contribution < 1.29 is 17.7 Å². The molecule has 0 aliphatic carbocycles. The molecule has 0 spiro atoms. The molecule has 0 amide bonds. The maximum absolute atomic E-state index is 13.0. The Hall–Kier alpha value is -2.05. The predicted molar refractivity (Wildman–Crippen MR) is 129 cm³/mol. The zero-order chi connectivity index (χ0) is 22.4. The van der Waals surface area contributed by atoms with Crippen LogP contribution in [0.25, 0.3) is 0 Å². The summed E-state index contributed by atoms with van der Waals surface area (Å²) in [5.74, 6) is 2.38. The number of benzene rings is 1. The smallest absolute Gasteiger partial charge is 0.368 e. The minimum atomic E-state index is -4.33. The number of halogens is 4. The van der Waals surface area contributed by atoms with Crippen molar-refractivity contribution in [2.75, 3.05) is 44.7 Å². The van der Waals surface area contributed by atoms with Gasteiger partial charge in [-0.05, 0) is 24.6 Å². The molecule has 32 heavy (non-hydrogen) atoms. The highest BCUT2D eigenvalue weighted by molar-refractivity contribution is 14.0. The number of aliphatic imine (C=N–C) groups is 1. The topological polar surface area (TPSA) is 69.8 Å². The number of alkyl halides is 3. The lowest BCUT2D eigenvalue weighted by Crippen LogP contribution is -2.52. The third kappa shape index (κ3) is 6.97. The molecular formula is C21H30F3IN6O. The van der Waals surface area contributed by atoms with E-state index in [2.05, 4.69) is 25.3 Å². The lowest BCUT2D eigenvalue weighted by Gasteiger charge is -2.37. The number of rotatable bonds is 6. The fourth-order valence-corrected chi connectivity index (χ4v) is 3.43. The molecule has 0 bridgehead atoms. The molecule has 0 saturated carbocycles. The number of aromatic nitrogens is 2. The first-order valence-corrected chi connectivity index (χ1v) is 10.5. The summed E-state index contributed by atoms with van der Waals surface area (Å²) in [5, 5.41) is 7.31. The van der Waals surface area contributed by atoms with E-state index in [1.54, 1.807) is 13.1 Å². The van der Waals surface area contributed by atoms with Crippen molar-refractivity contribution >= 4 is 35.6 Å². The molecule has 1 fully saturated rings. The Morgan fingerprint density at radius 1 is 1.22 bits per heavy atom.